The highest BCUT2D eigenvalue weighted by atomic mass is 16.4. The summed E-state index contributed by atoms with van der Waals surface area (Å²) in [4.78, 5) is 23.2. The third kappa shape index (κ3) is 7.61. The van der Waals surface area contributed by atoms with Crippen LogP contribution in [0.4, 0.5) is 0 Å². The van der Waals surface area contributed by atoms with Gasteiger partial charge in [0.05, 0.1) is 0 Å². The van der Waals surface area contributed by atoms with Gasteiger partial charge in [0.2, 0.25) is 0 Å². The predicted molar refractivity (Wildman–Crippen MR) is 105 cm³/mol. The van der Waals surface area contributed by atoms with Gasteiger partial charge < -0.3 is 10.2 Å². The summed E-state index contributed by atoms with van der Waals surface area (Å²) in [5.74, 6) is -0.263. The van der Waals surface area contributed by atoms with Gasteiger partial charge in [0, 0.05) is 17.8 Å². The van der Waals surface area contributed by atoms with E-state index in [-0.39, 0.29) is 5.92 Å². The summed E-state index contributed by atoms with van der Waals surface area (Å²) in [5.41, 5.74) is -0.636. The number of carbonyl (C=O) groups is 2. The van der Waals surface area contributed by atoms with Crippen LogP contribution >= 0.6 is 0 Å². The predicted octanol–water partition coefficient (Wildman–Crippen LogP) is 5.14. The van der Waals surface area contributed by atoms with Gasteiger partial charge in [0.15, 0.2) is 6.10 Å². The molecule has 1 rings (SSSR count). The zero-order valence-corrected chi connectivity index (χ0v) is 16.9. The molecule has 26 heavy (non-hydrogen) atoms. The molecule has 1 aliphatic rings. The van der Waals surface area contributed by atoms with E-state index in [1.807, 2.05) is 0 Å². The lowest BCUT2D eigenvalue weighted by Gasteiger charge is -2.27. The second kappa shape index (κ2) is 11.5. The van der Waals surface area contributed by atoms with E-state index in [0.29, 0.717) is 24.5 Å². The van der Waals surface area contributed by atoms with Crippen molar-refractivity contribution in [2.75, 3.05) is 0 Å². The molecular weight excluding hydrogens is 328 g/mol. The van der Waals surface area contributed by atoms with Crippen LogP contribution in [0.2, 0.25) is 0 Å². The average Bonchev–Trinajstić information content (AvgIpc) is 2.94. The number of Topliss-reactive ketones (excluding diaryl/α,β-unsaturated/α-hetero) is 1. The summed E-state index contributed by atoms with van der Waals surface area (Å²) in [6.07, 6.45) is 14.3. The minimum Gasteiger partial charge on any atom is -0.479 e. The summed E-state index contributed by atoms with van der Waals surface area (Å²) < 4.78 is 0. The number of unbranched alkanes of at least 4 members (excludes halogenated alkanes) is 5. The third-order valence-corrected chi connectivity index (χ3v) is 5.82. The molecule has 150 valence electrons. The minimum absolute atomic E-state index is 0.134. The number of rotatable bonds is 13. The molecule has 1 aliphatic carbocycles. The molecule has 4 nitrogen and oxygen atoms in total. The molecule has 4 heteroatoms. The van der Waals surface area contributed by atoms with Crippen LogP contribution in [0.15, 0.2) is 12.2 Å². The van der Waals surface area contributed by atoms with E-state index in [4.69, 9.17) is 5.11 Å². The second-order valence-electron chi connectivity index (χ2n) is 8.53. The lowest BCUT2D eigenvalue weighted by molar-refractivity contribution is -0.153. The number of ketones is 1. The lowest BCUT2D eigenvalue weighted by atomic mass is 9.80. The van der Waals surface area contributed by atoms with E-state index in [9.17, 15) is 14.7 Å². The van der Waals surface area contributed by atoms with E-state index < -0.39 is 17.5 Å². The molecule has 3 atom stereocenters. The van der Waals surface area contributed by atoms with Gasteiger partial charge in [-0.05, 0) is 38.0 Å². The van der Waals surface area contributed by atoms with Crippen molar-refractivity contribution in [3.8, 4) is 0 Å². The molecule has 0 spiro atoms. The highest BCUT2D eigenvalue weighted by molar-refractivity contribution is 5.83. The Hall–Kier alpha value is -1.16. The summed E-state index contributed by atoms with van der Waals surface area (Å²) in [6.45, 7) is 5.79. The molecule has 0 aliphatic heterocycles. The first-order chi connectivity index (χ1) is 12.3. The smallest absolute Gasteiger partial charge is 0.333 e. The van der Waals surface area contributed by atoms with Crippen molar-refractivity contribution in [1.29, 1.82) is 0 Å². The molecule has 0 bridgehead atoms. The molecule has 2 N–H and O–H groups in total. The number of carbonyl (C=O) groups excluding carboxylic acids is 1. The van der Waals surface area contributed by atoms with Crippen molar-refractivity contribution >= 4 is 11.8 Å². The van der Waals surface area contributed by atoms with Crippen LogP contribution in [0.1, 0.15) is 91.4 Å². The Morgan fingerprint density at radius 2 is 1.96 bits per heavy atom. The standard InChI is InChI=1S/C22H38O4/c1-4-5-6-7-8-9-12-17-14-15-19(23)18(17)13-10-11-16-22(2,3)20(24)21(25)26/h9,12,17-18,20,24H,4-8,10-11,13-16H2,1-3H3,(H,25,26)/t17-,18+,20?/m0/s1. The fraction of sp³-hybridized carbons (Fsp3) is 0.818. The van der Waals surface area contributed by atoms with E-state index in [2.05, 4.69) is 19.1 Å². The number of aliphatic hydroxyl groups is 1. The molecule has 0 aromatic heterocycles. The zero-order valence-electron chi connectivity index (χ0n) is 16.9. The Morgan fingerprint density at radius 1 is 1.23 bits per heavy atom. The maximum Gasteiger partial charge on any atom is 0.333 e. The van der Waals surface area contributed by atoms with Crippen LogP contribution in [0.25, 0.3) is 0 Å². The number of carboxylic acids is 1. The first-order valence-corrected chi connectivity index (χ1v) is 10.4. The number of carboxylic acid groups (broad SMARTS) is 1. The number of hydrogen-bond acceptors (Lipinski definition) is 3. The Balaban J connectivity index is 2.36. The first-order valence-electron chi connectivity index (χ1n) is 10.4. The molecule has 0 heterocycles. The molecule has 1 saturated carbocycles. The van der Waals surface area contributed by atoms with Gasteiger partial charge in [-0.25, -0.2) is 4.79 Å². The summed E-state index contributed by atoms with van der Waals surface area (Å²) in [7, 11) is 0. The minimum atomic E-state index is -1.33. The molecule has 0 radical (unpaired) electrons. The zero-order chi connectivity index (χ0) is 19.6. The Labute approximate surface area is 159 Å². The quantitative estimate of drug-likeness (QED) is 0.349. The van der Waals surface area contributed by atoms with Crippen molar-refractivity contribution in [1.82, 2.24) is 0 Å². The van der Waals surface area contributed by atoms with E-state index >= 15 is 0 Å². The topological polar surface area (TPSA) is 74.6 Å². The van der Waals surface area contributed by atoms with Gasteiger partial charge in [-0.15, -0.1) is 0 Å². The van der Waals surface area contributed by atoms with E-state index in [0.717, 1.165) is 32.1 Å². The summed E-state index contributed by atoms with van der Waals surface area (Å²) in [6, 6.07) is 0. The molecular formula is C22H38O4. The van der Waals surface area contributed by atoms with Crippen LogP contribution in [0.3, 0.4) is 0 Å². The monoisotopic (exact) mass is 366 g/mol. The molecule has 0 saturated heterocycles. The molecule has 0 amide bonds. The van der Waals surface area contributed by atoms with Crippen molar-refractivity contribution in [3.63, 3.8) is 0 Å². The van der Waals surface area contributed by atoms with Crippen molar-refractivity contribution < 1.29 is 19.8 Å². The van der Waals surface area contributed by atoms with Crippen molar-refractivity contribution in [2.24, 2.45) is 17.3 Å². The van der Waals surface area contributed by atoms with Crippen LogP contribution in [-0.4, -0.2) is 28.1 Å². The Bertz CT molecular complexity index is 467. The van der Waals surface area contributed by atoms with E-state index in [1.165, 1.54) is 25.7 Å². The second-order valence-corrected chi connectivity index (χ2v) is 8.53. The highest BCUT2D eigenvalue weighted by Crippen LogP contribution is 2.35. The summed E-state index contributed by atoms with van der Waals surface area (Å²) in [5, 5.41) is 18.7. The average molecular weight is 367 g/mol. The van der Waals surface area contributed by atoms with Crippen LogP contribution in [0.5, 0.6) is 0 Å². The van der Waals surface area contributed by atoms with E-state index in [1.54, 1.807) is 13.8 Å². The number of aliphatic hydroxyl groups excluding tert-OH is 1. The highest BCUT2D eigenvalue weighted by Gasteiger charge is 2.34. The number of aliphatic carboxylic acids is 1. The van der Waals surface area contributed by atoms with Crippen molar-refractivity contribution in [2.45, 2.75) is 97.5 Å². The molecule has 1 unspecified atom stereocenters. The van der Waals surface area contributed by atoms with Gasteiger partial charge in [-0.3, -0.25) is 4.79 Å². The van der Waals surface area contributed by atoms with Gasteiger partial charge in [-0.1, -0.05) is 65.0 Å². The fourth-order valence-electron chi connectivity index (χ4n) is 3.92. The van der Waals surface area contributed by atoms with Crippen LogP contribution in [0, 0.1) is 17.3 Å². The Kier molecular flexibility index (Phi) is 10.1. The first kappa shape index (κ1) is 22.9. The SMILES string of the molecule is CCCCCCC=C[C@H]1CCC(=O)[C@@H]1CCCCC(C)(C)C(O)C(=O)O. The normalized spacial score (nSPS) is 22.2. The number of hydrogen-bond donors (Lipinski definition) is 2. The fourth-order valence-corrected chi connectivity index (χ4v) is 3.92. The molecule has 0 aromatic carbocycles. The third-order valence-electron chi connectivity index (χ3n) is 5.82. The summed E-state index contributed by atoms with van der Waals surface area (Å²) >= 11 is 0. The molecule has 0 aromatic rings. The Morgan fingerprint density at radius 3 is 2.62 bits per heavy atom. The largest absolute Gasteiger partial charge is 0.479 e. The molecule has 1 fully saturated rings. The van der Waals surface area contributed by atoms with Crippen LogP contribution < -0.4 is 0 Å². The van der Waals surface area contributed by atoms with Crippen molar-refractivity contribution in [3.05, 3.63) is 12.2 Å². The maximum atomic E-state index is 12.2. The lowest BCUT2D eigenvalue weighted by Crippen LogP contribution is -2.36. The van der Waals surface area contributed by atoms with Gasteiger partial charge in [0.1, 0.15) is 5.78 Å². The van der Waals surface area contributed by atoms with Gasteiger partial charge in [-0.2, -0.15) is 0 Å². The van der Waals surface area contributed by atoms with Gasteiger partial charge in [0.25, 0.3) is 0 Å². The number of allylic oxidation sites excluding steroid dienone is 2. The van der Waals surface area contributed by atoms with Crippen LogP contribution in [-0.2, 0) is 9.59 Å². The van der Waals surface area contributed by atoms with Gasteiger partial charge >= 0.3 is 5.97 Å². The maximum absolute atomic E-state index is 12.2.